The number of hydrogen-bond acceptors (Lipinski definition) is 5. The van der Waals surface area contributed by atoms with Gasteiger partial charge < -0.3 is 18.9 Å². The van der Waals surface area contributed by atoms with Crippen LogP contribution in [0.3, 0.4) is 0 Å². The Morgan fingerprint density at radius 3 is 2.57 bits per heavy atom. The van der Waals surface area contributed by atoms with Gasteiger partial charge in [-0.1, -0.05) is 6.07 Å². The first-order valence-corrected chi connectivity index (χ1v) is 7.18. The third-order valence-electron chi connectivity index (χ3n) is 4.05. The van der Waals surface area contributed by atoms with Gasteiger partial charge in [-0.05, 0) is 12.5 Å². The van der Waals surface area contributed by atoms with Crippen LogP contribution in [0, 0.1) is 0 Å². The first-order valence-electron chi connectivity index (χ1n) is 7.18. The van der Waals surface area contributed by atoms with Gasteiger partial charge in [-0.3, -0.25) is 4.90 Å². The number of benzene rings is 1. The van der Waals surface area contributed by atoms with Crippen molar-refractivity contribution in [2.24, 2.45) is 0 Å². The molecule has 0 saturated carbocycles. The fourth-order valence-electron chi connectivity index (χ4n) is 2.87. The van der Waals surface area contributed by atoms with Gasteiger partial charge in [0.1, 0.15) is 11.5 Å². The molecule has 0 unspecified atom stereocenters. The fraction of sp³-hybridized carbons (Fsp3) is 0.625. The van der Waals surface area contributed by atoms with E-state index in [-0.39, 0.29) is 6.10 Å². The van der Waals surface area contributed by atoms with Gasteiger partial charge in [-0.25, -0.2) is 0 Å². The summed E-state index contributed by atoms with van der Waals surface area (Å²) in [5.74, 6) is 1.66. The molecule has 0 aliphatic carbocycles. The SMILES string of the molecule is COC[C@@H]1C[C@H](OC)CN1Cc1ccc(OC)cc1OC. The molecule has 1 aliphatic rings. The molecule has 0 amide bonds. The van der Waals surface area contributed by atoms with Crippen LogP contribution in [-0.4, -0.2) is 58.6 Å². The molecule has 0 bridgehead atoms. The van der Waals surface area contributed by atoms with Crippen LogP contribution in [0.25, 0.3) is 0 Å². The van der Waals surface area contributed by atoms with E-state index < -0.39 is 0 Å². The summed E-state index contributed by atoms with van der Waals surface area (Å²) >= 11 is 0. The molecular weight excluding hydrogens is 270 g/mol. The average molecular weight is 295 g/mol. The quantitative estimate of drug-likeness (QED) is 0.769. The molecule has 1 heterocycles. The van der Waals surface area contributed by atoms with Crippen molar-refractivity contribution < 1.29 is 18.9 Å². The summed E-state index contributed by atoms with van der Waals surface area (Å²) in [6.07, 6.45) is 1.28. The highest BCUT2D eigenvalue weighted by atomic mass is 16.5. The lowest BCUT2D eigenvalue weighted by atomic mass is 10.1. The highest BCUT2D eigenvalue weighted by Crippen LogP contribution is 2.29. The fourth-order valence-corrected chi connectivity index (χ4v) is 2.87. The van der Waals surface area contributed by atoms with E-state index in [4.69, 9.17) is 18.9 Å². The van der Waals surface area contributed by atoms with Gasteiger partial charge in [0, 0.05) is 45.0 Å². The van der Waals surface area contributed by atoms with Gasteiger partial charge in [0.05, 0.1) is 26.9 Å². The average Bonchev–Trinajstić information content (AvgIpc) is 2.90. The highest BCUT2D eigenvalue weighted by Gasteiger charge is 2.32. The molecule has 5 heteroatoms. The molecule has 21 heavy (non-hydrogen) atoms. The molecule has 5 nitrogen and oxygen atoms in total. The predicted molar refractivity (Wildman–Crippen MR) is 81.0 cm³/mol. The van der Waals surface area contributed by atoms with E-state index in [1.807, 2.05) is 12.1 Å². The topological polar surface area (TPSA) is 40.2 Å². The van der Waals surface area contributed by atoms with Crippen LogP contribution in [0.5, 0.6) is 11.5 Å². The Morgan fingerprint density at radius 1 is 1.14 bits per heavy atom. The van der Waals surface area contributed by atoms with Crippen molar-refractivity contribution in [2.75, 3.05) is 41.6 Å². The predicted octanol–water partition coefficient (Wildman–Crippen LogP) is 1.94. The summed E-state index contributed by atoms with van der Waals surface area (Å²) in [6, 6.07) is 6.32. The first kappa shape index (κ1) is 16.1. The van der Waals surface area contributed by atoms with Crippen LogP contribution in [-0.2, 0) is 16.0 Å². The second kappa shape index (κ2) is 7.64. The van der Waals surface area contributed by atoms with E-state index in [2.05, 4.69) is 11.0 Å². The van der Waals surface area contributed by atoms with Crippen molar-refractivity contribution in [3.63, 3.8) is 0 Å². The molecule has 0 N–H and O–H groups in total. The van der Waals surface area contributed by atoms with Crippen LogP contribution in [0.2, 0.25) is 0 Å². The number of rotatable bonds is 7. The van der Waals surface area contributed by atoms with Crippen molar-refractivity contribution in [1.29, 1.82) is 0 Å². The molecule has 2 rings (SSSR count). The van der Waals surface area contributed by atoms with Crippen molar-refractivity contribution in [3.05, 3.63) is 23.8 Å². The first-order chi connectivity index (χ1) is 10.2. The van der Waals surface area contributed by atoms with Crippen molar-refractivity contribution >= 4 is 0 Å². The summed E-state index contributed by atoms with van der Waals surface area (Å²) in [5.41, 5.74) is 1.15. The number of ether oxygens (including phenoxy) is 4. The van der Waals surface area contributed by atoms with Gasteiger partial charge in [-0.15, -0.1) is 0 Å². The minimum absolute atomic E-state index is 0.273. The standard InChI is InChI=1S/C16H25NO4/c1-18-11-13-7-15(20-3)10-17(13)9-12-5-6-14(19-2)8-16(12)21-4/h5-6,8,13,15H,7,9-11H2,1-4H3/t13-,15-/m0/s1. The lowest BCUT2D eigenvalue weighted by Crippen LogP contribution is -2.32. The lowest BCUT2D eigenvalue weighted by molar-refractivity contribution is 0.105. The molecule has 1 aromatic rings. The third kappa shape index (κ3) is 3.87. The largest absolute Gasteiger partial charge is 0.497 e. The van der Waals surface area contributed by atoms with E-state index in [0.29, 0.717) is 6.04 Å². The van der Waals surface area contributed by atoms with E-state index in [1.165, 1.54) is 0 Å². The molecule has 1 fully saturated rings. The van der Waals surface area contributed by atoms with Gasteiger partial charge in [0.2, 0.25) is 0 Å². The van der Waals surface area contributed by atoms with E-state index in [1.54, 1.807) is 28.4 Å². The van der Waals surface area contributed by atoms with Crippen LogP contribution in [0.1, 0.15) is 12.0 Å². The van der Waals surface area contributed by atoms with E-state index in [0.717, 1.165) is 43.2 Å². The maximum atomic E-state index is 5.50. The molecular formula is C16H25NO4. The zero-order valence-electron chi connectivity index (χ0n) is 13.3. The summed E-state index contributed by atoms with van der Waals surface area (Å²) in [7, 11) is 6.86. The van der Waals surface area contributed by atoms with Crippen LogP contribution >= 0.6 is 0 Å². The van der Waals surface area contributed by atoms with Crippen molar-refractivity contribution in [3.8, 4) is 11.5 Å². The summed E-state index contributed by atoms with van der Waals surface area (Å²) < 4.78 is 21.6. The van der Waals surface area contributed by atoms with Crippen LogP contribution in [0.15, 0.2) is 18.2 Å². The summed E-state index contributed by atoms with van der Waals surface area (Å²) in [5, 5.41) is 0. The molecule has 1 aliphatic heterocycles. The zero-order chi connectivity index (χ0) is 15.2. The number of hydrogen-bond donors (Lipinski definition) is 0. The molecule has 2 atom stereocenters. The Labute approximate surface area is 126 Å². The Balaban J connectivity index is 2.12. The Bertz CT molecular complexity index is 452. The van der Waals surface area contributed by atoms with E-state index >= 15 is 0 Å². The second-order valence-corrected chi connectivity index (χ2v) is 5.31. The van der Waals surface area contributed by atoms with Gasteiger partial charge >= 0.3 is 0 Å². The zero-order valence-corrected chi connectivity index (χ0v) is 13.3. The van der Waals surface area contributed by atoms with Gasteiger partial charge in [-0.2, -0.15) is 0 Å². The molecule has 1 saturated heterocycles. The minimum atomic E-state index is 0.273. The lowest BCUT2D eigenvalue weighted by Gasteiger charge is -2.24. The summed E-state index contributed by atoms with van der Waals surface area (Å²) in [6.45, 7) is 2.46. The minimum Gasteiger partial charge on any atom is -0.497 e. The molecule has 1 aromatic carbocycles. The Morgan fingerprint density at radius 2 is 1.95 bits per heavy atom. The van der Waals surface area contributed by atoms with Crippen LogP contribution < -0.4 is 9.47 Å². The second-order valence-electron chi connectivity index (χ2n) is 5.31. The number of methoxy groups -OCH3 is 4. The summed E-state index contributed by atoms with van der Waals surface area (Å²) in [4.78, 5) is 2.39. The van der Waals surface area contributed by atoms with E-state index in [9.17, 15) is 0 Å². The number of nitrogens with zero attached hydrogens (tertiary/aromatic N) is 1. The van der Waals surface area contributed by atoms with Crippen LogP contribution in [0.4, 0.5) is 0 Å². The van der Waals surface area contributed by atoms with Gasteiger partial charge in [0.25, 0.3) is 0 Å². The molecule has 0 aromatic heterocycles. The van der Waals surface area contributed by atoms with Crippen molar-refractivity contribution in [1.82, 2.24) is 4.90 Å². The Kier molecular flexibility index (Phi) is 5.85. The third-order valence-corrected chi connectivity index (χ3v) is 4.05. The normalized spacial score (nSPS) is 22.5. The number of likely N-dealkylation sites (tertiary alicyclic amines) is 1. The molecule has 0 radical (unpaired) electrons. The van der Waals surface area contributed by atoms with Crippen molar-refractivity contribution in [2.45, 2.75) is 25.1 Å². The molecule has 0 spiro atoms. The smallest absolute Gasteiger partial charge is 0.127 e. The monoisotopic (exact) mass is 295 g/mol. The van der Waals surface area contributed by atoms with Gasteiger partial charge in [0.15, 0.2) is 0 Å². The Hall–Kier alpha value is -1.30. The maximum Gasteiger partial charge on any atom is 0.127 e. The molecule has 118 valence electrons. The highest BCUT2D eigenvalue weighted by molar-refractivity contribution is 5.40. The maximum absolute atomic E-state index is 5.50.